The van der Waals surface area contributed by atoms with Crippen LogP contribution < -0.4 is 9.47 Å². The van der Waals surface area contributed by atoms with Crippen LogP contribution in [0.15, 0.2) is 34.7 Å². The molecule has 1 aliphatic rings. The number of rotatable bonds is 3. The number of hydrogen-bond acceptors (Lipinski definition) is 4. The van der Waals surface area contributed by atoms with Gasteiger partial charge in [-0.2, -0.15) is 0 Å². The third kappa shape index (κ3) is 2.21. The van der Waals surface area contributed by atoms with Gasteiger partial charge in [-0.25, -0.2) is 0 Å². The Morgan fingerprint density at radius 2 is 1.89 bits per heavy atom. The Morgan fingerprint density at radius 1 is 1.11 bits per heavy atom. The zero-order chi connectivity index (χ0) is 13.2. The van der Waals surface area contributed by atoms with Crippen LogP contribution in [-0.2, 0) is 6.42 Å². The van der Waals surface area contributed by atoms with Crippen LogP contribution in [0.1, 0.15) is 28.8 Å². The van der Waals surface area contributed by atoms with E-state index in [1.54, 1.807) is 24.3 Å². The third-order valence-corrected chi connectivity index (χ3v) is 3.04. The van der Waals surface area contributed by atoms with Crippen LogP contribution in [0, 0.1) is 0 Å². The number of carbonyl (C=O) groups excluding carboxylic acids is 1. The van der Waals surface area contributed by atoms with Crippen LogP contribution in [0.3, 0.4) is 0 Å². The van der Waals surface area contributed by atoms with Gasteiger partial charge in [0.05, 0.1) is 0 Å². The average molecular weight is 258 g/mol. The normalized spacial score (nSPS) is 13.3. The summed E-state index contributed by atoms with van der Waals surface area (Å²) in [7, 11) is 0. The second kappa shape index (κ2) is 4.80. The lowest BCUT2D eigenvalue weighted by atomic mass is 10.1. The van der Waals surface area contributed by atoms with E-state index in [0.29, 0.717) is 36.0 Å². The summed E-state index contributed by atoms with van der Waals surface area (Å²) in [5.74, 6) is 2.31. The lowest BCUT2D eigenvalue weighted by Crippen LogP contribution is -2.15. The number of aryl methyl sites for hydroxylation is 1. The molecule has 98 valence electrons. The molecule has 0 saturated heterocycles. The quantitative estimate of drug-likeness (QED) is 0.794. The van der Waals surface area contributed by atoms with Crippen LogP contribution >= 0.6 is 0 Å². The Hall–Kier alpha value is -2.23. The van der Waals surface area contributed by atoms with Crippen LogP contribution in [0.2, 0.25) is 0 Å². The van der Waals surface area contributed by atoms with Crippen molar-refractivity contribution in [2.45, 2.75) is 13.3 Å². The van der Waals surface area contributed by atoms with Crippen LogP contribution in [0.5, 0.6) is 11.5 Å². The predicted octanol–water partition coefficient (Wildman–Crippen LogP) is 2.84. The summed E-state index contributed by atoms with van der Waals surface area (Å²) < 4.78 is 16.4. The minimum atomic E-state index is -0.142. The first-order valence-electron chi connectivity index (χ1n) is 6.31. The van der Waals surface area contributed by atoms with E-state index in [2.05, 4.69) is 0 Å². The van der Waals surface area contributed by atoms with E-state index in [4.69, 9.17) is 13.9 Å². The van der Waals surface area contributed by atoms with Crippen molar-refractivity contribution in [3.05, 3.63) is 47.4 Å². The van der Waals surface area contributed by atoms with E-state index in [0.717, 1.165) is 12.2 Å². The predicted molar refractivity (Wildman–Crippen MR) is 69.0 cm³/mol. The van der Waals surface area contributed by atoms with Gasteiger partial charge >= 0.3 is 0 Å². The first-order valence-corrected chi connectivity index (χ1v) is 6.31. The molecule has 2 heterocycles. The SMILES string of the molecule is CCc1ccc(C(=O)c2ccc3c(c2)OCCO3)o1. The summed E-state index contributed by atoms with van der Waals surface area (Å²) in [6.45, 7) is 3.03. The van der Waals surface area contributed by atoms with E-state index < -0.39 is 0 Å². The molecule has 1 aliphatic heterocycles. The Labute approximate surface area is 110 Å². The number of fused-ring (bicyclic) bond motifs is 1. The van der Waals surface area contributed by atoms with Crippen molar-refractivity contribution in [1.82, 2.24) is 0 Å². The molecule has 0 bridgehead atoms. The maximum Gasteiger partial charge on any atom is 0.228 e. The molecule has 4 nitrogen and oxygen atoms in total. The van der Waals surface area contributed by atoms with Crippen molar-refractivity contribution in [2.75, 3.05) is 13.2 Å². The van der Waals surface area contributed by atoms with Gasteiger partial charge < -0.3 is 13.9 Å². The third-order valence-electron chi connectivity index (χ3n) is 3.04. The van der Waals surface area contributed by atoms with Gasteiger partial charge in [0.15, 0.2) is 17.3 Å². The Bertz CT molecular complexity index is 612. The Morgan fingerprint density at radius 3 is 2.63 bits per heavy atom. The highest BCUT2D eigenvalue weighted by Gasteiger charge is 2.18. The number of ether oxygens (including phenoxy) is 2. The largest absolute Gasteiger partial charge is 0.486 e. The van der Waals surface area contributed by atoms with Crippen molar-refractivity contribution in [1.29, 1.82) is 0 Å². The maximum absolute atomic E-state index is 12.3. The van der Waals surface area contributed by atoms with E-state index >= 15 is 0 Å². The van der Waals surface area contributed by atoms with Crippen molar-refractivity contribution in [2.24, 2.45) is 0 Å². The fourth-order valence-corrected chi connectivity index (χ4v) is 2.02. The summed E-state index contributed by atoms with van der Waals surface area (Å²) >= 11 is 0. The number of carbonyl (C=O) groups is 1. The lowest BCUT2D eigenvalue weighted by Gasteiger charge is -2.18. The molecule has 0 amide bonds. The fraction of sp³-hybridized carbons (Fsp3) is 0.267. The topological polar surface area (TPSA) is 48.7 Å². The molecule has 0 N–H and O–H groups in total. The molecule has 0 atom stereocenters. The summed E-state index contributed by atoms with van der Waals surface area (Å²) in [5, 5.41) is 0. The monoisotopic (exact) mass is 258 g/mol. The first-order chi connectivity index (χ1) is 9.28. The minimum absolute atomic E-state index is 0.142. The van der Waals surface area contributed by atoms with Gasteiger partial charge in [-0.3, -0.25) is 4.79 Å². The summed E-state index contributed by atoms with van der Waals surface area (Å²) in [5.41, 5.74) is 0.543. The molecular formula is C15H14O4. The van der Waals surface area contributed by atoms with Gasteiger partial charge in [0.25, 0.3) is 0 Å². The molecule has 2 aromatic rings. The molecule has 0 aliphatic carbocycles. The van der Waals surface area contributed by atoms with E-state index in [-0.39, 0.29) is 5.78 Å². The lowest BCUT2D eigenvalue weighted by molar-refractivity contribution is 0.101. The number of benzene rings is 1. The number of ketones is 1. The maximum atomic E-state index is 12.3. The van der Waals surface area contributed by atoms with Gasteiger partial charge in [-0.05, 0) is 30.3 Å². The smallest absolute Gasteiger partial charge is 0.228 e. The molecule has 0 saturated carbocycles. The van der Waals surface area contributed by atoms with Crippen molar-refractivity contribution >= 4 is 5.78 Å². The van der Waals surface area contributed by atoms with Crippen molar-refractivity contribution < 1.29 is 18.7 Å². The highest BCUT2D eigenvalue weighted by atomic mass is 16.6. The molecule has 4 heteroatoms. The molecule has 1 aromatic carbocycles. The molecular weight excluding hydrogens is 244 g/mol. The molecule has 0 radical (unpaired) electrons. The number of furan rings is 1. The second-order valence-corrected chi connectivity index (χ2v) is 4.31. The summed E-state index contributed by atoms with van der Waals surface area (Å²) in [4.78, 5) is 12.3. The highest BCUT2D eigenvalue weighted by molar-refractivity contribution is 6.07. The average Bonchev–Trinajstić information content (AvgIpc) is 2.95. The Balaban J connectivity index is 1.91. The van der Waals surface area contributed by atoms with Gasteiger partial charge in [-0.1, -0.05) is 6.92 Å². The highest BCUT2D eigenvalue weighted by Crippen LogP contribution is 2.31. The zero-order valence-corrected chi connectivity index (χ0v) is 10.6. The zero-order valence-electron chi connectivity index (χ0n) is 10.6. The van der Waals surface area contributed by atoms with Crippen LogP contribution in [-0.4, -0.2) is 19.0 Å². The van der Waals surface area contributed by atoms with E-state index in [1.807, 2.05) is 13.0 Å². The van der Waals surface area contributed by atoms with Crippen LogP contribution in [0.25, 0.3) is 0 Å². The molecule has 0 fully saturated rings. The number of hydrogen-bond donors (Lipinski definition) is 0. The molecule has 0 spiro atoms. The summed E-state index contributed by atoms with van der Waals surface area (Å²) in [6.07, 6.45) is 0.772. The van der Waals surface area contributed by atoms with Crippen molar-refractivity contribution in [3.8, 4) is 11.5 Å². The van der Waals surface area contributed by atoms with Gasteiger partial charge in [-0.15, -0.1) is 0 Å². The van der Waals surface area contributed by atoms with Gasteiger partial charge in [0, 0.05) is 12.0 Å². The standard InChI is InChI=1S/C15H14O4/c1-2-11-4-6-13(19-11)15(16)10-3-5-12-14(9-10)18-8-7-17-12/h3-6,9H,2,7-8H2,1H3. The van der Waals surface area contributed by atoms with Crippen LogP contribution in [0.4, 0.5) is 0 Å². The second-order valence-electron chi connectivity index (χ2n) is 4.31. The van der Waals surface area contributed by atoms with Gasteiger partial charge in [0.1, 0.15) is 19.0 Å². The first kappa shape index (κ1) is 11.8. The fourth-order valence-electron chi connectivity index (χ4n) is 2.02. The molecule has 19 heavy (non-hydrogen) atoms. The summed E-state index contributed by atoms with van der Waals surface area (Å²) in [6, 6.07) is 8.71. The van der Waals surface area contributed by atoms with E-state index in [1.165, 1.54) is 0 Å². The molecule has 0 unspecified atom stereocenters. The van der Waals surface area contributed by atoms with Crippen molar-refractivity contribution in [3.63, 3.8) is 0 Å². The molecule has 1 aromatic heterocycles. The van der Waals surface area contributed by atoms with Gasteiger partial charge in [0.2, 0.25) is 5.78 Å². The minimum Gasteiger partial charge on any atom is -0.486 e. The Kier molecular flexibility index (Phi) is 2.99. The molecule has 3 rings (SSSR count). The van der Waals surface area contributed by atoms with E-state index in [9.17, 15) is 4.79 Å².